The molecular formula is C15H20F3NO. The first kappa shape index (κ1) is 15.3. The molecule has 0 amide bonds. The first-order valence-electron chi connectivity index (χ1n) is 7.11. The summed E-state index contributed by atoms with van der Waals surface area (Å²) in [4.78, 5) is 0. The van der Waals surface area contributed by atoms with E-state index in [1.165, 1.54) is 0 Å². The van der Waals surface area contributed by atoms with Crippen LogP contribution in [0.25, 0.3) is 0 Å². The van der Waals surface area contributed by atoms with E-state index in [1.54, 1.807) is 0 Å². The molecule has 2 unspecified atom stereocenters. The minimum absolute atomic E-state index is 0.00760. The molecule has 20 heavy (non-hydrogen) atoms. The van der Waals surface area contributed by atoms with Gasteiger partial charge in [0.15, 0.2) is 0 Å². The van der Waals surface area contributed by atoms with Crippen LogP contribution in [0.15, 0.2) is 12.1 Å². The van der Waals surface area contributed by atoms with E-state index in [0.717, 1.165) is 31.4 Å². The highest BCUT2D eigenvalue weighted by atomic mass is 19.1. The Balaban J connectivity index is 2.20. The van der Waals surface area contributed by atoms with Gasteiger partial charge in [-0.15, -0.1) is 0 Å². The highest BCUT2D eigenvalue weighted by Crippen LogP contribution is 2.29. The summed E-state index contributed by atoms with van der Waals surface area (Å²) in [5.74, 6) is -2.57. The number of benzene rings is 1. The lowest BCUT2D eigenvalue weighted by atomic mass is 9.98. The van der Waals surface area contributed by atoms with E-state index in [4.69, 9.17) is 4.74 Å². The van der Waals surface area contributed by atoms with Crippen LogP contribution >= 0.6 is 0 Å². The van der Waals surface area contributed by atoms with E-state index < -0.39 is 23.5 Å². The van der Waals surface area contributed by atoms with Crippen LogP contribution in [0.2, 0.25) is 0 Å². The van der Waals surface area contributed by atoms with Crippen LogP contribution in [0.5, 0.6) is 0 Å². The molecule has 0 radical (unpaired) electrons. The normalized spacial score (nSPS) is 20.3. The molecule has 2 nitrogen and oxygen atoms in total. The zero-order chi connectivity index (χ0) is 14.5. The van der Waals surface area contributed by atoms with Crippen molar-refractivity contribution in [2.75, 3.05) is 13.2 Å². The second-order valence-electron chi connectivity index (χ2n) is 5.16. The van der Waals surface area contributed by atoms with Crippen LogP contribution in [-0.4, -0.2) is 19.3 Å². The van der Waals surface area contributed by atoms with Crippen LogP contribution in [0, 0.1) is 17.5 Å². The lowest BCUT2D eigenvalue weighted by molar-refractivity contribution is 0.0937. The Morgan fingerprint density at radius 2 is 2.00 bits per heavy atom. The highest BCUT2D eigenvalue weighted by Gasteiger charge is 2.26. The van der Waals surface area contributed by atoms with Gasteiger partial charge in [0.2, 0.25) is 0 Å². The van der Waals surface area contributed by atoms with Gasteiger partial charge in [-0.1, -0.05) is 6.92 Å². The van der Waals surface area contributed by atoms with Gasteiger partial charge >= 0.3 is 0 Å². The summed E-state index contributed by atoms with van der Waals surface area (Å²) in [6.45, 7) is 3.32. The van der Waals surface area contributed by atoms with Crippen molar-refractivity contribution in [2.45, 2.75) is 44.8 Å². The average Bonchev–Trinajstić information content (AvgIpc) is 2.87. The van der Waals surface area contributed by atoms with Gasteiger partial charge in [0.1, 0.15) is 17.5 Å². The number of ether oxygens (including phenoxy) is 1. The number of halogens is 3. The fourth-order valence-corrected chi connectivity index (χ4v) is 2.60. The molecule has 0 spiro atoms. The minimum Gasteiger partial charge on any atom is -0.378 e. The summed E-state index contributed by atoms with van der Waals surface area (Å²) in [6.07, 6.45) is 3.23. The molecule has 1 fully saturated rings. The molecular weight excluding hydrogens is 267 g/mol. The van der Waals surface area contributed by atoms with Crippen LogP contribution in [0.1, 0.15) is 44.2 Å². The Hall–Kier alpha value is -1.07. The maximum atomic E-state index is 13.9. The zero-order valence-electron chi connectivity index (χ0n) is 11.6. The fraction of sp³-hybridized carbons (Fsp3) is 0.600. The Morgan fingerprint density at radius 3 is 2.55 bits per heavy atom. The highest BCUT2D eigenvalue weighted by molar-refractivity contribution is 5.24. The topological polar surface area (TPSA) is 21.3 Å². The van der Waals surface area contributed by atoms with Gasteiger partial charge < -0.3 is 10.1 Å². The van der Waals surface area contributed by atoms with Crippen LogP contribution in [-0.2, 0) is 4.74 Å². The lowest BCUT2D eigenvalue weighted by Gasteiger charge is -2.23. The van der Waals surface area contributed by atoms with Gasteiger partial charge in [0, 0.05) is 30.3 Å². The van der Waals surface area contributed by atoms with E-state index in [1.807, 2.05) is 6.92 Å². The summed E-state index contributed by atoms with van der Waals surface area (Å²) in [5.41, 5.74) is -0.0876. The maximum Gasteiger partial charge on any atom is 0.133 e. The Kier molecular flexibility index (Phi) is 5.43. The largest absolute Gasteiger partial charge is 0.378 e. The minimum atomic E-state index is -0.893. The van der Waals surface area contributed by atoms with Crippen LogP contribution in [0.4, 0.5) is 13.2 Å². The van der Waals surface area contributed by atoms with Gasteiger partial charge in [0.05, 0.1) is 6.10 Å². The molecule has 2 atom stereocenters. The molecule has 1 aliphatic rings. The zero-order valence-corrected chi connectivity index (χ0v) is 11.6. The van der Waals surface area contributed by atoms with Crippen molar-refractivity contribution in [2.24, 2.45) is 0 Å². The van der Waals surface area contributed by atoms with Gasteiger partial charge in [-0.05, 0) is 32.2 Å². The summed E-state index contributed by atoms with van der Waals surface area (Å²) >= 11 is 0. The SMILES string of the molecule is CCCNC(CC1CCCO1)c1c(F)cc(F)cc1F. The smallest absolute Gasteiger partial charge is 0.133 e. The number of nitrogens with one attached hydrogen (secondary N) is 1. The molecule has 1 heterocycles. The van der Waals surface area contributed by atoms with Crippen molar-refractivity contribution in [3.05, 3.63) is 35.1 Å². The third-order valence-corrected chi connectivity index (χ3v) is 3.56. The lowest BCUT2D eigenvalue weighted by Crippen LogP contribution is -2.28. The third-order valence-electron chi connectivity index (χ3n) is 3.56. The summed E-state index contributed by atoms with van der Waals surface area (Å²) < 4.78 is 46.3. The molecule has 2 rings (SSSR count). The predicted molar refractivity (Wildman–Crippen MR) is 70.9 cm³/mol. The summed E-state index contributed by atoms with van der Waals surface area (Å²) in [7, 11) is 0. The Labute approximate surface area is 117 Å². The maximum absolute atomic E-state index is 13.9. The first-order valence-corrected chi connectivity index (χ1v) is 7.11. The third kappa shape index (κ3) is 3.73. The molecule has 1 N–H and O–H groups in total. The predicted octanol–water partition coefficient (Wildman–Crippen LogP) is 3.71. The standard InChI is InChI=1S/C15H20F3NO/c1-2-5-19-14(9-11-4-3-6-20-11)15-12(17)7-10(16)8-13(15)18/h7-8,11,14,19H,2-6,9H2,1H3. The van der Waals surface area contributed by atoms with Crippen molar-refractivity contribution in [1.29, 1.82) is 0 Å². The van der Waals surface area contributed by atoms with E-state index in [0.29, 0.717) is 19.6 Å². The van der Waals surface area contributed by atoms with Crippen LogP contribution < -0.4 is 5.32 Å². The first-order chi connectivity index (χ1) is 9.61. The molecule has 0 aromatic heterocycles. The van der Waals surface area contributed by atoms with Crippen molar-refractivity contribution >= 4 is 0 Å². The van der Waals surface area contributed by atoms with E-state index in [2.05, 4.69) is 5.32 Å². The molecule has 5 heteroatoms. The quantitative estimate of drug-likeness (QED) is 0.861. The van der Waals surface area contributed by atoms with E-state index >= 15 is 0 Å². The molecule has 112 valence electrons. The van der Waals surface area contributed by atoms with Gasteiger partial charge in [-0.2, -0.15) is 0 Å². The van der Waals surface area contributed by atoms with Crippen molar-refractivity contribution in [3.8, 4) is 0 Å². The fourth-order valence-electron chi connectivity index (χ4n) is 2.60. The molecule has 0 bridgehead atoms. The average molecular weight is 287 g/mol. The number of hydrogen-bond donors (Lipinski definition) is 1. The van der Waals surface area contributed by atoms with E-state index in [-0.39, 0.29) is 11.7 Å². The molecule has 1 aromatic carbocycles. The Morgan fingerprint density at radius 1 is 1.30 bits per heavy atom. The second-order valence-corrected chi connectivity index (χ2v) is 5.16. The summed E-state index contributed by atoms with van der Waals surface area (Å²) in [5, 5.41) is 3.13. The van der Waals surface area contributed by atoms with Crippen molar-refractivity contribution < 1.29 is 17.9 Å². The number of hydrogen-bond acceptors (Lipinski definition) is 2. The van der Waals surface area contributed by atoms with Crippen molar-refractivity contribution in [3.63, 3.8) is 0 Å². The number of rotatable bonds is 6. The second kappa shape index (κ2) is 7.09. The van der Waals surface area contributed by atoms with Gasteiger partial charge in [-0.3, -0.25) is 0 Å². The van der Waals surface area contributed by atoms with E-state index in [9.17, 15) is 13.2 Å². The molecule has 1 aromatic rings. The molecule has 1 saturated heterocycles. The molecule has 0 saturated carbocycles. The molecule has 1 aliphatic heterocycles. The van der Waals surface area contributed by atoms with Gasteiger partial charge in [0.25, 0.3) is 0 Å². The van der Waals surface area contributed by atoms with Crippen molar-refractivity contribution in [1.82, 2.24) is 5.32 Å². The Bertz CT molecular complexity index is 424. The monoisotopic (exact) mass is 287 g/mol. The van der Waals surface area contributed by atoms with Gasteiger partial charge in [-0.25, -0.2) is 13.2 Å². The van der Waals surface area contributed by atoms with Crippen LogP contribution in [0.3, 0.4) is 0 Å². The molecule has 0 aliphatic carbocycles. The summed E-state index contributed by atoms with van der Waals surface area (Å²) in [6, 6.07) is 0.974.